The third-order valence-electron chi connectivity index (χ3n) is 10.2. The minimum atomic E-state index is -4.25. The molecule has 0 radical (unpaired) electrons. The number of amidine groups is 4. The second-order valence-corrected chi connectivity index (χ2v) is 16.1. The maximum absolute atomic E-state index is 7.37. The van der Waals surface area contributed by atoms with Gasteiger partial charge in [-0.3, -0.25) is 8.47 Å². The molecule has 0 aliphatic carbocycles. The molecule has 0 saturated heterocycles. The number of hydrogen-bond donors (Lipinski definition) is 0. The van der Waals surface area contributed by atoms with Crippen molar-refractivity contribution in [1.82, 2.24) is 8.47 Å². The average Bonchev–Trinajstić information content (AvgIpc) is 3.96. The molecule has 14 nitrogen and oxygen atoms in total. The van der Waals surface area contributed by atoms with Crippen LogP contribution in [0.4, 0.5) is 11.6 Å². The van der Waals surface area contributed by atoms with Crippen molar-refractivity contribution < 1.29 is 27.8 Å². The van der Waals surface area contributed by atoms with Crippen molar-refractivity contribution in [2.24, 2.45) is 30.0 Å². The fourth-order valence-corrected chi connectivity index (χ4v) is 10.9. The number of methoxy groups -OCH3 is 2. The van der Waals surface area contributed by atoms with Gasteiger partial charge >= 0.3 is 8.88 Å². The van der Waals surface area contributed by atoms with E-state index in [1.807, 2.05) is 106 Å². The Morgan fingerprint density at radius 1 is 0.404 bits per heavy atom. The lowest BCUT2D eigenvalue weighted by molar-refractivity contribution is 0.0268. The monoisotopic (exact) mass is 778 g/mol. The number of benzene rings is 4. The van der Waals surface area contributed by atoms with Crippen LogP contribution >= 0.6 is 0 Å². The molecule has 4 aliphatic heterocycles. The molecule has 4 aliphatic rings. The number of nitrogens with zero attached hydrogens (tertiary/aromatic N) is 8. The zero-order valence-corrected chi connectivity index (χ0v) is 32.4. The fourth-order valence-electron chi connectivity index (χ4n) is 7.69. The van der Waals surface area contributed by atoms with E-state index in [9.17, 15) is 0 Å². The van der Waals surface area contributed by atoms with E-state index in [1.54, 1.807) is 14.2 Å². The third kappa shape index (κ3) is 5.94. The minimum absolute atomic E-state index is 0.150. The van der Waals surface area contributed by atoms with Gasteiger partial charge in [0, 0.05) is 58.0 Å². The summed E-state index contributed by atoms with van der Waals surface area (Å²) in [6.07, 6.45) is 0. The minimum Gasteiger partial charge on any atom is -0.382 e. The predicted molar refractivity (Wildman–Crippen MR) is 218 cm³/mol. The van der Waals surface area contributed by atoms with Gasteiger partial charge in [0.25, 0.3) is 0 Å². The van der Waals surface area contributed by atoms with Crippen molar-refractivity contribution in [1.29, 1.82) is 0 Å². The molecule has 0 atom stereocenters. The molecule has 6 bridgehead atoms. The van der Waals surface area contributed by atoms with E-state index in [0.29, 0.717) is 72.4 Å². The topological polar surface area (TPSA) is 139 Å². The van der Waals surface area contributed by atoms with Crippen LogP contribution in [0, 0.1) is 0 Å². The van der Waals surface area contributed by atoms with Gasteiger partial charge in [-0.05, 0) is 0 Å². The number of aliphatic imine (C=N–C) groups is 4. The molecule has 2 aromatic heterocycles. The van der Waals surface area contributed by atoms with Gasteiger partial charge in [0.2, 0.25) is 0 Å². The molecule has 0 N–H and O–H groups in total. The third-order valence-corrected chi connectivity index (χ3v) is 13.4. The van der Waals surface area contributed by atoms with Crippen molar-refractivity contribution >= 4 is 65.4 Å². The molecule has 0 fully saturated rings. The van der Waals surface area contributed by atoms with E-state index in [2.05, 4.69) is 0 Å². The van der Waals surface area contributed by atoms with Crippen molar-refractivity contribution in [3.05, 3.63) is 130 Å². The second-order valence-electron chi connectivity index (χ2n) is 13.6. The number of aromatic nitrogens is 2. The summed E-state index contributed by atoms with van der Waals surface area (Å²) in [6, 6.07) is 32.3. The highest BCUT2D eigenvalue weighted by Crippen LogP contribution is 2.43. The Balaban J connectivity index is 1.37. The number of hydrogen-bond acceptors (Lipinski definition) is 12. The smallest absolute Gasteiger partial charge is 0.382 e. The Labute approximate surface area is 328 Å². The van der Waals surface area contributed by atoms with Crippen LogP contribution in [0.5, 0.6) is 0 Å². The first-order chi connectivity index (χ1) is 28.2. The Morgan fingerprint density at radius 2 is 0.772 bits per heavy atom. The normalized spacial score (nSPS) is 15.6. The maximum Gasteiger partial charge on any atom is 0.603 e. The molecule has 15 heteroatoms. The average molecular weight is 779 g/mol. The fraction of sp³-hybridized carbons (Fsp3) is 0.238. The highest BCUT2D eigenvalue weighted by molar-refractivity contribution is 6.66. The lowest BCUT2D eigenvalue weighted by Crippen LogP contribution is -2.64. The summed E-state index contributed by atoms with van der Waals surface area (Å²) in [4.78, 5) is 32.0. The van der Waals surface area contributed by atoms with Crippen molar-refractivity contribution in [2.75, 3.05) is 67.1 Å². The summed E-state index contributed by atoms with van der Waals surface area (Å²) < 4.78 is 41.4. The van der Waals surface area contributed by atoms with Crippen molar-refractivity contribution in [3.8, 4) is 0 Å². The zero-order chi connectivity index (χ0) is 38.3. The SMILES string of the molecule is COCCOCCO[Si]1(OCCOCCOC)n2c3c4ccccc4c2N=C2N=C(N=c4c5ccccc5c(n41)=NC1=NC(=N3)c3ccccc31)c1ccccc12. The molecule has 6 aromatic rings. The zero-order valence-electron chi connectivity index (χ0n) is 31.4. The predicted octanol–water partition coefficient (Wildman–Crippen LogP) is 4.73. The first-order valence-electron chi connectivity index (χ1n) is 18.9. The van der Waals surface area contributed by atoms with Gasteiger partial charge in [0.15, 0.2) is 23.3 Å². The van der Waals surface area contributed by atoms with Crippen LogP contribution in [-0.2, 0) is 27.8 Å². The molecule has 57 heavy (non-hydrogen) atoms. The summed E-state index contributed by atoms with van der Waals surface area (Å²) in [5.74, 6) is 3.23. The Bertz CT molecular complexity index is 2640. The molecule has 0 amide bonds. The lowest BCUT2D eigenvalue weighted by Gasteiger charge is -2.33. The van der Waals surface area contributed by atoms with Gasteiger partial charge < -0.3 is 27.8 Å². The summed E-state index contributed by atoms with van der Waals surface area (Å²) >= 11 is 0. The van der Waals surface area contributed by atoms with Crippen LogP contribution in [0.2, 0.25) is 0 Å². The van der Waals surface area contributed by atoms with Crippen LogP contribution in [0.1, 0.15) is 22.3 Å². The van der Waals surface area contributed by atoms with Crippen molar-refractivity contribution in [2.45, 2.75) is 0 Å². The van der Waals surface area contributed by atoms with E-state index < -0.39 is 8.88 Å². The van der Waals surface area contributed by atoms with Crippen LogP contribution in [0.15, 0.2) is 127 Å². The van der Waals surface area contributed by atoms with Gasteiger partial charge in [-0.15, -0.1) is 0 Å². The number of ether oxygens (including phenoxy) is 4. The summed E-state index contributed by atoms with van der Waals surface area (Å²) in [7, 11) is -0.952. The Hall–Kier alpha value is -5.78. The van der Waals surface area contributed by atoms with Gasteiger partial charge in [-0.1, -0.05) is 97.1 Å². The molecule has 0 spiro atoms. The van der Waals surface area contributed by atoms with Gasteiger partial charge in [-0.25, -0.2) is 30.0 Å². The van der Waals surface area contributed by atoms with Gasteiger partial charge in [0.05, 0.1) is 52.9 Å². The summed E-state index contributed by atoms with van der Waals surface area (Å²) in [6.45, 7) is 2.52. The molecular weight excluding hydrogens is 741 g/mol. The van der Waals surface area contributed by atoms with Crippen molar-refractivity contribution in [3.63, 3.8) is 0 Å². The standard InChI is InChI=1S/C42H38N8O6Si/c1-51-19-21-53-23-25-55-57(56-26-24-54-22-20-52-2)49-39-31-15-7-8-16-32(31)41(49)47-37-29-13-5-6-14-30(29)38(44-37)48-42-34-18-10-9-17-33(34)40(50(42)57)46-36-28-12-4-3-11-27(28)35(43-36)45-39/h3-18H,19-26H2,1-2H3. The highest BCUT2D eigenvalue weighted by atomic mass is 28.4. The Kier molecular flexibility index (Phi) is 9.34. The van der Waals surface area contributed by atoms with E-state index in [0.717, 1.165) is 43.8 Å². The van der Waals surface area contributed by atoms with Gasteiger partial charge in [-0.2, -0.15) is 0 Å². The van der Waals surface area contributed by atoms with E-state index in [4.69, 9.17) is 57.8 Å². The first kappa shape index (κ1) is 35.6. The molecular formula is C42H38N8O6Si. The quantitative estimate of drug-likeness (QED) is 0.116. The van der Waals surface area contributed by atoms with Crippen LogP contribution in [-0.4, -0.2) is 108 Å². The van der Waals surface area contributed by atoms with Gasteiger partial charge in [0.1, 0.15) is 22.6 Å². The Morgan fingerprint density at radius 3 is 1.19 bits per heavy atom. The highest BCUT2D eigenvalue weighted by Gasteiger charge is 2.53. The van der Waals surface area contributed by atoms with E-state index in [1.165, 1.54) is 0 Å². The van der Waals surface area contributed by atoms with E-state index >= 15 is 0 Å². The van der Waals surface area contributed by atoms with Crippen LogP contribution in [0.25, 0.3) is 21.5 Å². The second kappa shape index (κ2) is 14.9. The molecule has 0 unspecified atom stereocenters. The molecule has 10 rings (SSSR count). The lowest BCUT2D eigenvalue weighted by atomic mass is 10.1. The van der Waals surface area contributed by atoms with Crippen LogP contribution < -0.4 is 11.0 Å². The maximum atomic E-state index is 7.37. The first-order valence-corrected chi connectivity index (χ1v) is 20.6. The molecule has 4 aromatic carbocycles. The summed E-state index contributed by atoms with van der Waals surface area (Å²) in [5.41, 5.74) is 4.60. The molecule has 0 saturated carbocycles. The largest absolute Gasteiger partial charge is 0.603 e. The van der Waals surface area contributed by atoms with E-state index in [-0.39, 0.29) is 26.4 Å². The number of fused-ring (bicyclic) bond motifs is 14. The molecule has 286 valence electrons. The number of rotatable bonds is 14. The van der Waals surface area contributed by atoms with Crippen LogP contribution in [0.3, 0.4) is 0 Å². The summed E-state index contributed by atoms with van der Waals surface area (Å²) in [5, 5.41) is 3.36. The molecule has 6 heterocycles.